The minimum Gasteiger partial charge on any atom is -0.545 e. The van der Waals surface area contributed by atoms with Crippen molar-refractivity contribution in [3.05, 3.63) is 30.1 Å². The number of aromatic amines is 1. The average Bonchev–Trinajstić information content (AvgIpc) is 2.18. The zero-order valence-corrected chi connectivity index (χ0v) is 9.88. The Kier molecular flexibility index (Phi) is 6.10. The van der Waals surface area contributed by atoms with Gasteiger partial charge in [0.25, 0.3) is 0 Å². The summed E-state index contributed by atoms with van der Waals surface area (Å²) in [6, 6.07) is 3.17. The van der Waals surface area contributed by atoms with Crippen LogP contribution in [0.3, 0.4) is 0 Å². The molecule has 1 aromatic heterocycles. The maximum absolute atomic E-state index is 10.2. The van der Waals surface area contributed by atoms with Crippen LogP contribution in [0.15, 0.2) is 24.5 Å². The number of alkyl halides is 3. The third-order valence-corrected chi connectivity index (χ3v) is 1.65. The number of carboxylic acid groups (broad SMARTS) is 2. The van der Waals surface area contributed by atoms with Gasteiger partial charge in [-0.2, -0.15) is 0 Å². The van der Waals surface area contributed by atoms with Gasteiger partial charge in [-0.3, -0.25) is 0 Å². The van der Waals surface area contributed by atoms with Crippen molar-refractivity contribution in [3.8, 4) is 0 Å². The number of H-pyrrole nitrogens is 1. The summed E-state index contributed by atoms with van der Waals surface area (Å²) in [5.74, 6) is -2.62. The van der Waals surface area contributed by atoms with Crippen LogP contribution in [0, 0.1) is 0 Å². The summed E-state index contributed by atoms with van der Waals surface area (Å²) in [6.07, 6.45) is 3.09. The van der Waals surface area contributed by atoms with Crippen LogP contribution in [0.2, 0.25) is 0 Å². The van der Waals surface area contributed by atoms with Gasteiger partial charge in [-0.1, -0.05) is 34.8 Å². The van der Waals surface area contributed by atoms with Crippen LogP contribution in [0.5, 0.6) is 0 Å². The highest BCUT2D eigenvalue weighted by Crippen LogP contribution is 2.24. The average molecular weight is 286 g/mol. The quantitative estimate of drug-likeness (QED) is 0.752. The molecule has 0 aromatic carbocycles. The van der Waals surface area contributed by atoms with Crippen molar-refractivity contribution in [1.82, 2.24) is 0 Å². The molecular formula is C8H6Cl3NO4. The Morgan fingerprint density at radius 3 is 2.06 bits per heavy atom. The molecule has 1 heterocycles. The Hall–Kier alpha value is -1.04. The van der Waals surface area contributed by atoms with Crippen LogP contribution in [0.4, 0.5) is 0 Å². The van der Waals surface area contributed by atoms with E-state index in [9.17, 15) is 14.7 Å². The molecule has 0 spiro atoms. The Morgan fingerprint density at radius 1 is 1.38 bits per heavy atom. The van der Waals surface area contributed by atoms with Gasteiger partial charge in [0, 0.05) is 6.07 Å². The maximum atomic E-state index is 10.2. The summed E-state index contributed by atoms with van der Waals surface area (Å²) in [5, 5.41) is 17.9. The van der Waals surface area contributed by atoms with Crippen molar-refractivity contribution >= 4 is 46.7 Å². The first-order valence-corrected chi connectivity index (χ1v) is 4.86. The highest BCUT2D eigenvalue weighted by molar-refractivity contribution is 6.75. The molecule has 5 nitrogen and oxygen atoms in total. The van der Waals surface area contributed by atoms with E-state index in [1.807, 2.05) is 0 Å². The highest BCUT2D eigenvalue weighted by atomic mass is 35.6. The summed E-state index contributed by atoms with van der Waals surface area (Å²) in [4.78, 5) is 22.4. The molecule has 0 saturated heterocycles. The van der Waals surface area contributed by atoms with Gasteiger partial charge in [0.2, 0.25) is 3.79 Å². The first-order chi connectivity index (χ1) is 7.25. The van der Waals surface area contributed by atoms with Gasteiger partial charge in [-0.25, -0.2) is 9.78 Å². The van der Waals surface area contributed by atoms with Gasteiger partial charge in [0.15, 0.2) is 12.4 Å². The molecule has 0 fully saturated rings. The maximum Gasteiger partial charge on any atom is 0.341 e. The van der Waals surface area contributed by atoms with Gasteiger partial charge in [0.1, 0.15) is 5.56 Å². The molecule has 0 radical (unpaired) electrons. The number of hydrogen-bond donors (Lipinski definition) is 1. The minimum atomic E-state index is -2.28. The number of nitrogens with one attached hydrogen (secondary N) is 1. The van der Waals surface area contributed by atoms with Crippen molar-refractivity contribution in [2.24, 2.45) is 0 Å². The number of carbonyl (C=O) groups is 2. The van der Waals surface area contributed by atoms with E-state index in [0.29, 0.717) is 0 Å². The van der Waals surface area contributed by atoms with Gasteiger partial charge in [-0.15, -0.1) is 0 Å². The zero-order valence-electron chi connectivity index (χ0n) is 7.62. The molecule has 0 aliphatic rings. The van der Waals surface area contributed by atoms with Crippen LogP contribution in [-0.4, -0.2) is 20.8 Å². The lowest BCUT2D eigenvalue weighted by Gasteiger charge is -2.09. The standard InChI is InChI=1S/C6H5NO2.C2HCl3O2/c8-6(9)5-2-1-3-7-4-5;3-2(4,5)1(6)7/h1-4H,(H,8,9);(H,6,7). The molecule has 0 aliphatic carbocycles. The molecule has 1 aromatic rings. The topological polar surface area (TPSA) is 91.6 Å². The minimum absolute atomic E-state index is 0.275. The summed E-state index contributed by atoms with van der Waals surface area (Å²) >= 11 is 14.2. The third kappa shape index (κ3) is 6.44. The summed E-state index contributed by atoms with van der Waals surface area (Å²) in [6.45, 7) is 0. The number of pyridine rings is 1. The van der Waals surface area contributed by atoms with E-state index in [-0.39, 0.29) is 5.56 Å². The largest absolute Gasteiger partial charge is 0.545 e. The molecule has 2 N–H and O–H groups in total. The number of aromatic nitrogens is 1. The monoisotopic (exact) mass is 285 g/mol. The van der Waals surface area contributed by atoms with Crippen molar-refractivity contribution in [2.75, 3.05) is 0 Å². The third-order valence-electron chi connectivity index (χ3n) is 1.19. The smallest absolute Gasteiger partial charge is 0.341 e. The van der Waals surface area contributed by atoms with E-state index in [4.69, 9.17) is 39.9 Å². The van der Waals surface area contributed by atoms with E-state index in [1.54, 1.807) is 12.3 Å². The molecule has 0 aliphatic heterocycles. The molecule has 88 valence electrons. The normalized spacial score (nSPS) is 9.94. The molecular weight excluding hydrogens is 280 g/mol. The van der Waals surface area contributed by atoms with Crippen LogP contribution in [0.1, 0.15) is 10.4 Å². The highest BCUT2D eigenvalue weighted by Gasteiger charge is 2.20. The lowest BCUT2D eigenvalue weighted by Crippen LogP contribution is -2.35. The summed E-state index contributed by atoms with van der Waals surface area (Å²) in [7, 11) is 0. The number of aromatic carboxylic acids is 1. The Bertz CT molecular complexity index is 363. The second kappa shape index (κ2) is 6.52. The fourth-order valence-electron chi connectivity index (χ4n) is 0.526. The second-order valence-electron chi connectivity index (χ2n) is 2.38. The van der Waals surface area contributed by atoms with E-state index >= 15 is 0 Å². The Balaban J connectivity index is 0.000000293. The molecule has 0 amide bonds. The number of aliphatic carboxylic acids is 1. The first kappa shape index (κ1) is 15.0. The Labute approximate surface area is 106 Å². The lowest BCUT2D eigenvalue weighted by molar-refractivity contribution is -0.378. The van der Waals surface area contributed by atoms with Gasteiger partial charge >= 0.3 is 5.97 Å². The zero-order chi connectivity index (χ0) is 12.8. The number of halogens is 3. The van der Waals surface area contributed by atoms with Gasteiger partial charge < -0.3 is 15.0 Å². The van der Waals surface area contributed by atoms with Crippen molar-refractivity contribution < 1.29 is 24.8 Å². The molecule has 0 saturated carbocycles. The van der Waals surface area contributed by atoms with E-state index in [2.05, 4.69) is 4.98 Å². The van der Waals surface area contributed by atoms with Crippen LogP contribution < -0.4 is 10.1 Å². The predicted octanol–water partition coefficient (Wildman–Crippen LogP) is 0.305. The van der Waals surface area contributed by atoms with Crippen LogP contribution in [0.25, 0.3) is 0 Å². The molecule has 16 heavy (non-hydrogen) atoms. The van der Waals surface area contributed by atoms with Gasteiger partial charge in [0.05, 0.1) is 5.97 Å². The predicted molar refractivity (Wildman–Crippen MR) is 55.3 cm³/mol. The van der Waals surface area contributed by atoms with E-state index in [0.717, 1.165) is 0 Å². The molecule has 0 unspecified atom stereocenters. The fourth-order valence-corrected chi connectivity index (χ4v) is 0.526. The molecule has 1 rings (SSSR count). The fraction of sp³-hybridized carbons (Fsp3) is 0.125. The number of carbonyl (C=O) groups excluding carboxylic acids is 1. The summed E-state index contributed by atoms with van der Waals surface area (Å²) in [5.41, 5.74) is 0.275. The first-order valence-electron chi connectivity index (χ1n) is 3.72. The van der Waals surface area contributed by atoms with Crippen LogP contribution in [-0.2, 0) is 4.79 Å². The second-order valence-corrected chi connectivity index (χ2v) is 4.66. The lowest BCUT2D eigenvalue weighted by atomic mass is 10.3. The number of hydrogen-bond acceptors (Lipinski definition) is 3. The van der Waals surface area contributed by atoms with Crippen LogP contribution >= 0.6 is 34.8 Å². The van der Waals surface area contributed by atoms with Crippen molar-refractivity contribution in [2.45, 2.75) is 3.79 Å². The summed E-state index contributed by atoms with van der Waals surface area (Å²) < 4.78 is -2.28. The molecule has 0 atom stereocenters. The number of carboxylic acids is 2. The van der Waals surface area contributed by atoms with Crippen molar-refractivity contribution in [1.29, 1.82) is 0 Å². The van der Waals surface area contributed by atoms with Gasteiger partial charge in [-0.05, 0) is 6.07 Å². The van der Waals surface area contributed by atoms with E-state index < -0.39 is 15.7 Å². The molecule has 8 heteroatoms. The van der Waals surface area contributed by atoms with E-state index in [1.165, 1.54) is 12.3 Å². The molecule has 0 bridgehead atoms. The Morgan fingerprint density at radius 2 is 1.88 bits per heavy atom. The van der Waals surface area contributed by atoms with Crippen molar-refractivity contribution in [3.63, 3.8) is 0 Å². The SMILES string of the molecule is O=C(O)c1ccc[nH+]c1.O=C([O-])C(Cl)(Cl)Cl. The number of rotatable bonds is 1.